The monoisotopic (exact) mass is 217 g/mol. The zero-order valence-electron chi connectivity index (χ0n) is 8.21. The lowest BCUT2D eigenvalue weighted by Gasteiger charge is -2.27. The van der Waals surface area contributed by atoms with Crippen molar-refractivity contribution >= 4 is 23.2 Å². The molecule has 0 saturated carbocycles. The Kier molecular flexibility index (Phi) is 4.61. The summed E-state index contributed by atoms with van der Waals surface area (Å²) in [7, 11) is 1.72. The summed E-state index contributed by atoms with van der Waals surface area (Å²) >= 11 is 4.86. The largest absolute Gasteiger partial charge is 0.378 e. The van der Waals surface area contributed by atoms with Crippen molar-refractivity contribution in [2.45, 2.75) is 0 Å². The molecule has 0 aliphatic carbocycles. The van der Waals surface area contributed by atoms with Crippen molar-refractivity contribution in [1.82, 2.24) is 15.5 Å². The molecule has 0 aromatic rings. The quantitative estimate of drug-likeness (QED) is 0.577. The Bertz CT molecular complexity index is 217. The molecule has 80 valence electrons. The van der Waals surface area contributed by atoms with Crippen LogP contribution < -0.4 is 10.6 Å². The number of rotatable bonds is 2. The summed E-state index contributed by atoms with van der Waals surface area (Å²) in [5, 5.41) is 6.06. The molecule has 1 fully saturated rings. The molecule has 5 nitrogen and oxygen atoms in total. The average molecular weight is 217 g/mol. The highest BCUT2D eigenvalue weighted by Crippen LogP contribution is 1.96. The molecule has 1 rings (SSSR count). The van der Waals surface area contributed by atoms with Crippen LogP contribution in [0.1, 0.15) is 0 Å². The van der Waals surface area contributed by atoms with Gasteiger partial charge in [-0.15, -0.1) is 0 Å². The lowest BCUT2D eigenvalue weighted by molar-refractivity contribution is -0.133. The summed E-state index contributed by atoms with van der Waals surface area (Å²) in [6, 6.07) is 0. The van der Waals surface area contributed by atoms with Crippen molar-refractivity contribution in [3.05, 3.63) is 0 Å². The van der Waals surface area contributed by atoms with Crippen LogP contribution in [0.4, 0.5) is 0 Å². The topological polar surface area (TPSA) is 53.6 Å². The number of morpholine rings is 1. The van der Waals surface area contributed by atoms with Gasteiger partial charge in [-0.1, -0.05) is 0 Å². The number of carbonyl (C=O) groups excluding carboxylic acids is 1. The third kappa shape index (κ3) is 3.47. The Morgan fingerprint density at radius 2 is 2.14 bits per heavy atom. The molecule has 0 spiro atoms. The second-order valence-electron chi connectivity index (χ2n) is 2.93. The minimum atomic E-state index is 0.0610. The highest BCUT2D eigenvalue weighted by Gasteiger charge is 2.16. The Labute approximate surface area is 88.8 Å². The number of nitrogens with zero attached hydrogens (tertiary/aromatic N) is 1. The number of nitrogens with one attached hydrogen (secondary N) is 2. The SMILES string of the molecule is CNC(=S)NCC(=O)N1CCOCC1. The predicted octanol–water partition coefficient (Wildman–Crippen LogP) is -1.06. The second-order valence-corrected chi connectivity index (χ2v) is 3.33. The van der Waals surface area contributed by atoms with Crippen LogP contribution in [-0.2, 0) is 9.53 Å². The maximum Gasteiger partial charge on any atom is 0.242 e. The standard InChI is InChI=1S/C8H15N3O2S/c1-9-8(14)10-6-7(12)11-2-4-13-5-3-11/h2-6H2,1H3,(H2,9,10,14). The Morgan fingerprint density at radius 3 is 2.71 bits per heavy atom. The summed E-state index contributed by atoms with van der Waals surface area (Å²) in [5.41, 5.74) is 0. The minimum absolute atomic E-state index is 0.0610. The molecule has 1 amide bonds. The van der Waals surface area contributed by atoms with Gasteiger partial charge in [0.2, 0.25) is 5.91 Å². The number of thiocarbonyl (C=S) groups is 1. The molecule has 0 aromatic heterocycles. The number of ether oxygens (including phenoxy) is 1. The summed E-state index contributed by atoms with van der Waals surface area (Å²) in [4.78, 5) is 13.3. The van der Waals surface area contributed by atoms with E-state index in [1.54, 1.807) is 11.9 Å². The highest BCUT2D eigenvalue weighted by atomic mass is 32.1. The molecule has 1 saturated heterocycles. The number of hydrogen-bond donors (Lipinski definition) is 2. The van der Waals surface area contributed by atoms with Crippen LogP contribution in [0.2, 0.25) is 0 Å². The minimum Gasteiger partial charge on any atom is -0.378 e. The summed E-state index contributed by atoms with van der Waals surface area (Å²) < 4.78 is 5.14. The molecule has 0 radical (unpaired) electrons. The Balaban J connectivity index is 2.23. The van der Waals surface area contributed by atoms with Gasteiger partial charge in [-0.25, -0.2) is 0 Å². The average Bonchev–Trinajstić information content (AvgIpc) is 2.26. The van der Waals surface area contributed by atoms with Crippen LogP contribution in [0.3, 0.4) is 0 Å². The van der Waals surface area contributed by atoms with Gasteiger partial charge in [0.05, 0.1) is 19.8 Å². The summed E-state index contributed by atoms with van der Waals surface area (Å²) in [6.07, 6.45) is 0. The van der Waals surface area contributed by atoms with E-state index in [0.29, 0.717) is 31.4 Å². The predicted molar refractivity (Wildman–Crippen MR) is 57.1 cm³/mol. The molecule has 1 aliphatic heterocycles. The van der Waals surface area contributed by atoms with Crippen molar-refractivity contribution in [2.75, 3.05) is 39.9 Å². The molecule has 2 N–H and O–H groups in total. The van der Waals surface area contributed by atoms with Gasteiger partial charge in [0, 0.05) is 20.1 Å². The van der Waals surface area contributed by atoms with Gasteiger partial charge in [-0.05, 0) is 12.2 Å². The van der Waals surface area contributed by atoms with Gasteiger partial charge in [-0.3, -0.25) is 4.79 Å². The van der Waals surface area contributed by atoms with Gasteiger partial charge < -0.3 is 20.3 Å². The number of hydrogen-bond acceptors (Lipinski definition) is 3. The Morgan fingerprint density at radius 1 is 1.50 bits per heavy atom. The van der Waals surface area contributed by atoms with E-state index in [4.69, 9.17) is 17.0 Å². The smallest absolute Gasteiger partial charge is 0.242 e. The van der Waals surface area contributed by atoms with Crippen LogP contribution in [0.15, 0.2) is 0 Å². The molecule has 0 aromatic carbocycles. The van der Waals surface area contributed by atoms with E-state index < -0.39 is 0 Å². The second kappa shape index (κ2) is 5.77. The summed E-state index contributed by atoms with van der Waals surface area (Å²) in [6.45, 7) is 2.85. The van der Waals surface area contributed by atoms with E-state index in [2.05, 4.69) is 10.6 Å². The first-order valence-electron chi connectivity index (χ1n) is 4.55. The lowest BCUT2D eigenvalue weighted by atomic mass is 10.4. The maximum absolute atomic E-state index is 11.5. The van der Waals surface area contributed by atoms with Crippen molar-refractivity contribution in [3.63, 3.8) is 0 Å². The van der Waals surface area contributed by atoms with E-state index in [9.17, 15) is 4.79 Å². The van der Waals surface area contributed by atoms with Crippen molar-refractivity contribution in [1.29, 1.82) is 0 Å². The molecule has 0 unspecified atom stereocenters. The third-order valence-electron chi connectivity index (χ3n) is 1.99. The van der Waals surface area contributed by atoms with Crippen LogP contribution in [-0.4, -0.2) is 55.8 Å². The number of carbonyl (C=O) groups is 1. The summed E-state index contributed by atoms with van der Waals surface area (Å²) in [5.74, 6) is 0.0610. The molecular weight excluding hydrogens is 202 g/mol. The zero-order chi connectivity index (χ0) is 10.4. The molecule has 0 atom stereocenters. The van der Waals surface area contributed by atoms with E-state index in [-0.39, 0.29) is 12.5 Å². The molecule has 14 heavy (non-hydrogen) atoms. The number of amides is 1. The van der Waals surface area contributed by atoms with Gasteiger partial charge in [0.15, 0.2) is 5.11 Å². The van der Waals surface area contributed by atoms with Gasteiger partial charge in [0.1, 0.15) is 0 Å². The molecule has 0 bridgehead atoms. The maximum atomic E-state index is 11.5. The molecule has 6 heteroatoms. The third-order valence-corrected chi connectivity index (χ3v) is 2.34. The fraction of sp³-hybridized carbons (Fsp3) is 0.750. The first kappa shape index (κ1) is 11.2. The van der Waals surface area contributed by atoms with Crippen molar-refractivity contribution in [2.24, 2.45) is 0 Å². The van der Waals surface area contributed by atoms with Crippen LogP contribution >= 0.6 is 12.2 Å². The van der Waals surface area contributed by atoms with Gasteiger partial charge in [0.25, 0.3) is 0 Å². The molecule has 1 aliphatic rings. The Hall–Kier alpha value is -0.880. The van der Waals surface area contributed by atoms with Crippen molar-refractivity contribution in [3.8, 4) is 0 Å². The van der Waals surface area contributed by atoms with E-state index >= 15 is 0 Å². The normalized spacial score (nSPS) is 16.2. The van der Waals surface area contributed by atoms with Crippen LogP contribution in [0, 0.1) is 0 Å². The zero-order valence-corrected chi connectivity index (χ0v) is 9.02. The first-order chi connectivity index (χ1) is 6.74. The van der Waals surface area contributed by atoms with E-state index in [1.165, 1.54) is 0 Å². The van der Waals surface area contributed by atoms with Crippen LogP contribution in [0.25, 0.3) is 0 Å². The van der Waals surface area contributed by atoms with E-state index in [0.717, 1.165) is 0 Å². The first-order valence-corrected chi connectivity index (χ1v) is 4.96. The lowest BCUT2D eigenvalue weighted by Crippen LogP contribution is -2.46. The van der Waals surface area contributed by atoms with Gasteiger partial charge >= 0.3 is 0 Å². The fourth-order valence-electron chi connectivity index (χ4n) is 1.17. The van der Waals surface area contributed by atoms with Gasteiger partial charge in [-0.2, -0.15) is 0 Å². The molecular formula is C8H15N3O2S. The highest BCUT2D eigenvalue weighted by molar-refractivity contribution is 7.80. The van der Waals surface area contributed by atoms with E-state index in [1.807, 2.05) is 0 Å². The molecule has 1 heterocycles. The van der Waals surface area contributed by atoms with Crippen molar-refractivity contribution < 1.29 is 9.53 Å². The fourth-order valence-corrected chi connectivity index (χ4v) is 1.24. The van der Waals surface area contributed by atoms with Crippen LogP contribution in [0.5, 0.6) is 0 Å².